The van der Waals surface area contributed by atoms with E-state index < -0.39 is 0 Å². The van der Waals surface area contributed by atoms with Gasteiger partial charge in [-0.05, 0) is 37.3 Å². The molecule has 1 aliphatic rings. The number of aromatic amines is 1. The van der Waals surface area contributed by atoms with Gasteiger partial charge < -0.3 is 4.98 Å². The molecule has 1 aromatic carbocycles. The molecule has 1 aromatic heterocycles. The molecule has 0 amide bonds. The number of nitriles is 1. The van der Waals surface area contributed by atoms with Gasteiger partial charge in [0, 0.05) is 5.92 Å². The van der Waals surface area contributed by atoms with Crippen LogP contribution >= 0.6 is 11.8 Å². The minimum absolute atomic E-state index is 0.565. The topological polar surface area (TPSA) is 76.9 Å². The number of fused-ring (bicyclic) bond motifs is 1. The largest absolute Gasteiger partial charge is 0.342 e. The molecule has 0 atom stereocenters. The molecule has 22 heavy (non-hydrogen) atoms. The second-order valence-corrected chi connectivity index (χ2v) is 6.31. The number of rotatable bonds is 2. The van der Waals surface area contributed by atoms with Crippen LogP contribution in [0.3, 0.4) is 0 Å². The van der Waals surface area contributed by atoms with Gasteiger partial charge in [0.1, 0.15) is 5.82 Å². The molecule has 1 fully saturated rings. The van der Waals surface area contributed by atoms with E-state index in [9.17, 15) is 0 Å². The van der Waals surface area contributed by atoms with Crippen molar-refractivity contribution in [3.63, 3.8) is 0 Å². The number of aromatic nitrogens is 2. The van der Waals surface area contributed by atoms with E-state index in [2.05, 4.69) is 15.3 Å². The zero-order valence-electron chi connectivity index (χ0n) is 12.6. The first-order chi connectivity index (χ1) is 10.8. The molecular formula is C16H19N5S. The minimum atomic E-state index is 0.565. The van der Waals surface area contributed by atoms with E-state index >= 15 is 0 Å². The molecule has 5 nitrogen and oxygen atoms in total. The standard InChI is InChI=1S/C16H19N5S/c1-22-16(18-10-17)19-12-7-8-13-14(9-12)21-15(20-13)11-5-3-2-4-6-11/h7-9,11H,2-6H2,1H3,(H,18,19)(H,20,21). The highest BCUT2D eigenvalue weighted by atomic mass is 32.2. The highest BCUT2D eigenvalue weighted by Gasteiger charge is 2.18. The number of H-pyrrole nitrogens is 1. The fraction of sp³-hybridized carbons (Fsp3) is 0.438. The highest BCUT2D eigenvalue weighted by Crippen LogP contribution is 2.32. The Hall–Kier alpha value is -2.00. The molecule has 2 N–H and O–H groups in total. The van der Waals surface area contributed by atoms with Crippen LogP contribution < -0.4 is 5.32 Å². The van der Waals surface area contributed by atoms with Crippen molar-refractivity contribution in [1.29, 1.82) is 5.26 Å². The van der Waals surface area contributed by atoms with Crippen molar-refractivity contribution in [3.8, 4) is 6.19 Å². The normalized spacial score (nSPS) is 16.6. The van der Waals surface area contributed by atoms with Crippen LogP contribution in [-0.4, -0.2) is 21.4 Å². The Morgan fingerprint density at radius 1 is 1.41 bits per heavy atom. The third kappa shape index (κ3) is 3.25. The first-order valence-corrected chi connectivity index (χ1v) is 8.80. The van der Waals surface area contributed by atoms with E-state index in [0.29, 0.717) is 11.1 Å². The molecule has 3 rings (SSSR count). The number of hydrogen-bond donors (Lipinski definition) is 2. The van der Waals surface area contributed by atoms with Crippen molar-refractivity contribution in [2.75, 3.05) is 6.26 Å². The van der Waals surface area contributed by atoms with Crippen LogP contribution in [0.4, 0.5) is 5.69 Å². The molecule has 0 aliphatic heterocycles. The van der Waals surface area contributed by atoms with E-state index in [-0.39, 0.29) is 0 Å². The van der Waals surface area contributed by atoms with Crippen molar-refractivity contribution in [2.45, 2.75) is 38.0 Å². The van der Waals surface area contributed by atoms with Crippen LogP contribution in [0.5, 0.6) is 0 Å². The predicted molar refractivity (Wildman–Crippen MR) is 91.3 cm³/mol. The fourth-order valence-electron chi connectivity index (χ4n) is 2.95. The average Bonchev–Trinajstić information content (AvgIpc) is 2.98. The summed E-state index contributed by atoms with van der Waals surface area (Å²) in [6.07, 6.45) is 10.2. The summed E-state index contributed by atoms with van der Waals surface area (Å²) in [6.45, 7) is 0. The van der Waals surface area contributed by atoms with Gasteiger partial charge in [-0.3, -0.25) is 5.32 Å². The van der Waals surface area contributed by atoms with Gasteiger partial charge in [-0.15, -0.1) is 0 Å². The number of imidazole rings is 1. The third-order valence-corrected chi connectivity index (χ3v) is 4.64. The second kappa shape index (κ2) is 6.84. The Bertz CT molecular complexity index is 722. The lowest BCUT2D eigenvalue weighted by molar-refractivity contribution is 0.431. The molecule has 6 heteroatoms. The Kier molecular flexibility index (Phi) is 4.64. The SMILES string of the molecule is CSC(=Nc1ccc2nc(C3CCCCC3)[nH]c2c1)NC#N. The van der Waals surface area contributed by atoms with Crippen molar-refractivity contribution in [2.24, 2.45) is 4.99 Å². The summed E-state index contributed by atoms with van der Waals surface area (Å²) in [6, 6.07) is 5.91. The summed E-state index contributed by atoms with van der Waals surface area (Å²) < 4.78 is 0. The van der Waals surface area contributed by atoms with Gasteiger partial charge in [0.25, 0.3) is 0 Å². The number of aliphatic imine (C=N–C) groups is 1. The van der Waals surface area contributed by atoms with Gasteiger partial charge in [0.2, 0.25) is 0 Å². The molecule has 0 saturated heterocycles. The maximum atomic E-state index is 8.69. The van der Waals surface area contributed by atoms with E-state index in [1.807, 2.05) is 30.6 Å². The van der Waals surface area contributed by atoms with Crippen molar-refractivity contribution >= 4 is 33.7 Å². The van der Waals surface area contributed by atoms with Crippen LogP contribution in [0.2, 0.25) is 0 Å². The van der Waals surface area contributed by atoms with Crippen LogP contribution in [0.1, 0.15) is 43.8 Å². The van der Waals surface area contributed by atoms with Gasteiger partial charge in [0.05, 0.1) is 16.7 Å². The summed E-state index contributed by atoms with van der Waals surface area (Å²) in [4.78, 5) is 12.6. The van der Waals surface area contributed by atoms with Gasteiger partial charge in [0.15, 0.2) is 11.4 Å². The van der Waals surface area contributed by atoms with Crippen molar-refractivity contribution < 1.29 is 0 Å². The lowest BCUT2D eigenvalue weighted by atomic mass is 9.89. The summed E-state index contributed by atoms with van der Waals surface area (Å²) >= 11 is 1.41. The van der Waals surface area contributed by atoms with Crippen molar-refractivity contribution in [3.05, 3.63) is 24.0 Å². The maximum absolute atomic E-state index is 8.69. The number of amidine groups is 1. The van der Waals surface area contributed by atoms with Gasteiger partial charge >= 0.3 is 0 Å². The first-order valence-electron chi connectivity index (χ1n) is 7.57. The first kappa shape index (κ1) is 14.9. The zero-order valence-corrected chi connectivity index (χ0v) is 13.4. The third-order valence-electron chi connectivity index (χ3n) is 4.06. The molecule has 1 heterocycles. The summed E-state index contributed by atoms with van der Waals surface area (Å²) in [5.41, 5.74) is 2.82. The average molecular weight is 313 g/mol. The molecule has 0 spiro atoms. The quantitative estimate of drug-likeness (QED) is 0.380. The molecule has 0 unspecified atom stereocenters. The molecule has 0 radical (unpaired) electrons. The van der Waals surface area contributed by atoms with E-state index in [4.69, 9.17) is 10.2 Å². The summed E-state index contributed by atoms with van der Waals surface area (Å²) in [5, 5.41) is 11.9. The Balaban J connectivity index is 1.88. The Labute approximate surface area is 134 Å². The van der Waals surface area contributed by atoms with Gasteiger partial charge in [-0.25, -0.2) is 9.98 Å². The molecule has 1 saturated carbocycles. The molecule has 2 aromatic rings. The maximum Gasteiger partial charge on any atom is 0.183 e. The number of benzene rings is 1. The molecule has 1 aliphatic carbocycles. The molecule has 0 bridgehead atoms. The second-order valence-electron chi connectivity index (χ2n) is 5.52. The molecule has 114 valence electrons. The molecular weight excluding hydrogens is 294 g/mol. The highest BCUT2D eigenvalue weighted by molar-refractivity contribution is 8.13. The lowest BCUT2D eigenvalue weighted by Gasteiger charge is -2.18. The zero-order chi connectivity index (χ0) is 15.4. The number of nitrogens with zero attached hydrogens (tertiary/aromatic N) is 3. The van der Waals surface area contributed by atoms with E-state index in [1.165, 1.54) is 43.9 Å². The smallest absolute Gasteiger partial charge is 0.183 e. The lowest BCUT2D eigenvalue weighted by Crippen LogP contribution is -2.12. The summed E-state index contributed by atoms with van der Waals surface area (Å²) in [7, 11) is 0. The van der Waals surface area contributed by atoms with Crippen LogP contribution in [0.15, 0.2) is 23.2 Å². The Morgan fingerprint density at radius 3 is 2.95 bits per heavy atom. The fourth-order valence-corrected chi connectivity index (χ4v) is 3.29. The van der Waals surface area contributed by atoms with Gasteiger partial charge in [-0.1, -0.05) is 31.0 Å². The van der Waals surface area contributed by atoms with E-state index in [1.54, 1.807) is 0 Å². The van der Waals surface area contributed by atoms with Crippen molar-refractivity contribution in [1.82, 2.24) is 15.3 Å². The monoisotopic (exact) mass is 313 g/mol. The van der Waals surface area contributed by atoms with Crippen LogP contribution in [-0.2, 0) is 0 Å². The number of nitrogens with one attached hydrogen (secondary N) is 2. The number of hydrogen-bond acceptors (Lipinski definition) is 4. The minimum Gasteiger partial charge on any atom is -0.342 e. The predicted octanol–water partition coefficient (Wildman–Crippen LogP) is 4.03. The van der Waals surface area contributed by atoms with Gasteiger partial charge in [-0.2, -0.15) is 5.26 Å². The van der Waals surface area contributed by atoms with Crippen LogP contribution in [0.25, 0.3) is 11.0 Å². The summed E-state index contributed by atoms with van der Waals surface area (Å²) in [5.74, 6) is 1.67. The number of thioether (sulfide) groups is 1. The Morgan fingerprint density at radius 2 is 2.23 bits per heavy atom. The van der Waals surface area contributed by atoms with Crippen LogP contribution in [0, 0.1) is 11.5 Å². The van der Waals surface area contributed by atoms with E-state index in [0.717, 1.165) is 22.5 Å².